The lowest BCUT2D eigenvalue weighted by molar-refractivity contribution is 0.0797. The molecule has 1 aromatic carbocycles. The Morgan fingerprint density at radius 1 is 1.21 bits per heavy atom. The number of hydrogen-bond acceptors (Lipinski definition) is 6. The summed E-state index contributed by atoms with van der Waals surface area (Å²) in [4.78, 5) is 14.7. The fraction of sp³-hybridized carbons (Fsp3) is 0.421. The molecule has 1 aliphatic heterocycles. The summed E-state index contributed by atoms with van der Waals surface area (Å²) in [6, 6.07) is 6.73. The van der Waals surface area contributed by atoms with Gasteiger partial charge in [0.2, 0.25) is 10.0 Å². The van der Waals surface area contributed by atoms with Crippen molar-refractivity contribution in [1.82, 2.24) is 9.62 Å². The average Bonchev–Trinajstić information content (AvgIpc) is 3.39. The lowest BCUT2D eigenvalue weighted by Gasteiger charge is -2.13. The van der Waals surface area contributed by atoms with E-state index in [-0.39, 0.29) is 17.3 Å². The molecule has 3 rings (SSSR count). The number of carbonyl (C=O) groups is 1. The summed E-state index contributed by atoms with van der Waals surface area (Å²) in [5, 5.41) is 1.50. The van der Waals surface area contributed by atoms with E-state index in [4.69, 9.17) is 9.47 Å². The molecule has 1 N–H and O–H groups in total. The van der Waals surface area contributed by atoms with Crippen LogP contribution < -0.4 is 14.2 Å². The summed E-state index contributed by atoms with van der Waals surface area (Å²) in [5.41, 5.74) is 0.743. The van der Waals surface area contributed by atoms with Crippen molar-refractivity contribution < 1.29 is 22.7 Å². The predicted octanol–water partition coefficient (Wildman–Crippen LogP) is 2.87. The van der Waals surface area contributed by atoms with Gasteiger partial charge in [-0.1, -0.05) is 6.07 Å². The molecule has 7 nitrogen and oxygen atoms in total. The SMILES string of the molecule is CCOc1ccc(CNS(=O)(=O)c2csc(C(=O)N3CCCC3)c2)cc1OC. The van der Waals surface area contributed by atoms with Gasteiger partial charge in [-0.2, -0.15) is 0 Å². The normalized spacial score (nSPS) is 14.3. The van der Waals surface area contributed by atoms with Crippen LogP contribution in [0.25, 0.3) is 0 Å². The van der Waals surface area contributed by atoms with Crippen LogP contribution >= 0.6 is 11.3 Å². The first-order chi connectivity index (χ1) is 13.4. The fourth-order valence-corrected chi connectivity index (χ4v) is 5.26. The van der Waals surface area contributed by atoms with E-state index in [0.29, 0.717) is 23.0 Å². The van der Waals surface area contributed by atoms with Gasteiger partial charge in [0.05, 0.1) is 23.5 Å². The van der Waals surface area contributed by atoms with Gasteiger partial charge in [0.1, 0.15) is 0 Å². The number of methoxy groups -OCH3 is 1. The maximum absolute atomic E-state index is 12.6. The minimum atomic E-state index is -3.72. The molecule has 9 heteroatoms. The van der Waals surface area contributed by atoms with Crippen molar-refractivity contribution in [2.75, 3.05) is 26.8 Å². The molecule has 1 aromatic heterocycles. The zero-order valence-electron chi connectivity index (χ0n) is 15.9. The maximum atomic E-state index is 12.6. The number of nitrogens with zero attached hydrogens (tertiary/aromatic N) is 1. The minimum Gasteiger partial charge on any atom is -0.493 e. The minimum absolute atomic E-state index is 0.0970. The topological polar surface area (TPSA) is 84.9 Å². The van der Waals surface area contributed by atoms with Gasteiger partial charge in [-0.3, -0.25) is 4.79 Å². The molecule has 0 unspecified atom stereocenters. The molecular weight excluding hydrogens is 400 g/mol. The van der Waals surface area contributed by atoms with E-state index in [9.17, 15) is 13.2 Å². The quantitative estimate of drug-likeness (QED) is 0.704. The van der Waals surface area contributed by atoms with Gasteiger partial charge < -0.3 is 14.4 Å². The third-order valence-corrected chi connectivity index (χ3v) is 6.93. The molecule has 1 saturated heterocycles. The Kier molecular flexibility index (Phi) is 6.58. The first-order valence-electron chi connectivity index (χ1n) is 9.12. The van der Waals surface area contributed by atoms with Gasteiger partial charge >= 0.3 is 0 Å². The van der Waals surface area contributed by atoms with Crippen molar-refractivity contribution in [3.63, 3.8) is 0 Å². The Bertz CT molecular complexity index is 934. The summed E-state index contributed by atoms with van der Waals surface area (Å²) < 4.78 is 38.5. The molecule has 0 spiro atoms. The van der Waals surface area contributed by atoms with Crippen LogP contribution in [0.1, 0.15) is 35.0 Å². The number of nitrogens with one attached hydrogen (secondary N) is 1. The molecule has 28 heavy (non-hydrogen) atoms. The van der Waals surface area contributed by atoms with E-state index in [1.54, 1.807) is 23.1 Å². The average molecular weight is 425 g/mol. The van der Waals surface area contributed by atoms with Gasteiger partial charge in [0, 0.05) is 25.0 Å². The zero-order valence-corrected chi connectivity index (χ0v) is 17.6. The fourth-order valence-electron chi connectivity index (χ4n) is 3.01. The summed E-state index contributed by atoms with van der Waals surface area (Å²) in [5.74, 6) is 1.06. The van der Waals surface area contributed by atoms with E-state index >= 15 is 0 Å². The van der Waals surface area contributed by atoms with Crippen molar-refractivity contribution in [2.24, 2.45) is 0 Å². The van der Waals surface area contributed by atoms with Crippen LogP contribution in [0.2, 0.25) is 0 Å². The molecule has 1 fully saturated rings. The summed E-state index contributed by atoms with van der Waals surface area (Å²) >= 11 is 1.16. The Morgan fingerprint density at radius 2 is 1.96 bits per heavy atom. The monoisotopic (exact) mass is 424 g/mol. The van der Waals surface area contributed by atoms with Crippen molar-refractivity contribution >= 4 is 27.3 Å². The molecule has 0 saturated carbocycles. The van der Waals surface area contributed by atoms with Crippen LogP contribution in [0.15, 0.2) is 34.5 Å². The number of benzene rings is 1. The number of sulfonamides is 1. The Labute approximate surface area is 169 Å². The van der Waals surface area contributed by atoms with Crippen LogP contribution in [0.5, 0.6) is 11.5 Å². The highest BCUT2D eigenvalue weighted by molar-refractivity contribution is 7.89. The molecule has 0 bridgehead atoms. The Morgan fingerprint density at radius 3 is 2.64 bits per heavy atom. The largest absolute Gasteiger partial charge is 0.493 e. The second kappa shape index (κ2) is 8.93. The smallest absolute Gasteiger partial charge is 0.263 e. The number of rotatable bonds is 8. The second-order valence-corrected chi connectivity index (χ2v) is 9.07. The first-order valence-corrected chi connectivity index (χ1v) is 11.5. The molecule has 2 aromatic rings. The third-order valence-electron chi connectivity index (χ3n) is 4.48. The number of amides is 1. The van der Waals surface area contributed by atoms with Crippen LogP contribution in [-0.4, -0.2) is 46.0 Å². The van der Waals surface area contributed by atoms with Crippen molar-refractivity contribution in [3.8, 4) is 11.5 Å². The molecule has 2 heterocycles. The molecular formula is C19H24N2O5S2. The predicted molar refractivity (Wildman–Crippen MR) is 108 cm³/mol. The van der Waals surface area contributed by atoms with E-state index in [2.05, 4.69) is 4.72 Å². The highest BCUT2D eigenvalue weighted by atomic mass is 32.2. The molecule has 0 atom stereocenters. The van der Waals surface area contributed by atoms with Crippen LogP contribution in [0, 0.1) is 0 Å². The highest BCUT2D eigenvalue weighted by Gasteiger charge is 2.24. The second-order valence-electron chi connectivity index (χ2n) is 6.39. The van der Waals surface area contributed by atoms with Gasteiger partial charge in [-0.15, -0.1) is 11.3 Å². The summed E-state index contributed by atoms with van der Waals surface area (Å²) in [6.07, 6.45) is 1.99. The summed E-state index contributed by atoms with van der Waals surface area (Å²) in [6.45, 7) is 3.97. The molecule has 1 aliphatic rings. The standard InChI is InChI=1S/C19H24N2O5S2/c1-3-26-16-7-6-14(10-17(16)25-2)12-20-28(23,24)15-11-18(27-13-15)19(22)21-8-4-5-9-21/h6-7,10-11,13,20H,3-5,8-9,12H2,1-2H3. The molecule has 1 amide bonds. The molecule has 0 radical (unpaired) electrons. The maximum Gasteiger partial charge on any atom is 0.263 e. The number of hydrogen-bond donors (Lipinski definition) is 1. The first kappa shape index (κ1) is 20.6. The van der Waals surface area contributed by atoms with Crippen LogP contribution in [0.3, 0.4) is 0 Å². The Balaban J connectivity index is 1.68. The number of ether oxygens (including phenoxy) is 2. The van der Waals surface area contributed by atoms with Gasteiger partial charge in [0.25, 0.3) is 5.91 Å². The van der Waals surface area contributed by atoms with Crippen molar-refractivity contribution in [3.05, 3.63) is 40.1 Å². The third kappa shape index (κ3) is 4.65. The van der Waals surface area contributed by atoms with Crippen LogP contribution in [0.4, 0.5) is 0 Å². The molecule has 0 aliphatic carbocycles. The number of likely N-dealkylation sites (tertiary alicyclic amines) is 1. The van der Waals surface area contributed by atoms with E-state index in [0.717, 1.165) is 42.8 Å². The summed E-state index contributed by atoms with van der Waals surface area (Å²) in [7, 11) is -2.18. The highest BCUT2D eigenvalue weighted by Crippen LogP contribution is 2.28. The lowest BCUT2D eigenvalue weighted by Crippen LogP contribution is -2.27. The van der Waals surface area contributed by atoms with E-state index in [1.165, 1.54) is 18.6 Å². The lowest BCUT2D eigenvalue weighted by atomic mass is 10.2. The van der Waals surface area contributed by atoms with Crippen molar-refractivity contribution in [1.29, 1.82) is 0 Å². The van der Waals surface area contributed by atoms with Gasteiger partial charge in [-0.05, 0) is 43.5 Å². The van der Waals surface area contributed by atoms with E-state index < -0.39 is 10.0 Å². The number of carbonyl (C=O) groups excluding carboxylic acids is 1. The van der Waals surface area contributed by atoms with Crippen LogP contribution in [-0.2, 0) is 16.6 Å². The van der Waals surface area contributed by atoms with Crippen molar-refractivity contribution in [2.45, 2.75) is 31.2 Å². The van der Waals surface area contributed by atoms with Gasteiger partial charge in [0.15, 0.2) is 11.5 Å². The van der Waals surface area contributed by atoms with Gasteiger partial charge in [-0.25, -0.2) is 13.1 Å². The number of thiophene rings is 1. The molecule has 152 valence electrons. The Hall–Kier alpha value is -2.10. The zero-order chi connectivity index (χ0) is 20.1. The van der Waals surface area contributed by atoms with E-state index in [1.807, 2.05) is 6.92 Å².